The van der Waals surface area contributed by atoms with Crippen molar-refractivity contribution in [3.05, 3.63) is 70.3 Å². The van der Waals surface area contributed by atoms with Crippen LogP contribution < -0.4 is 10.6 Å². The van der Waals surface area contributed by atoms with Crippen LogP contribution in [0.2, 0.25) is 0 Å². The molecule has 27 heavy (non-hydrogen) atoms. The van der Waals surface area contributed by atoms with Crippen LogP contribution in [0.15, 0.2) is 54.6 Å². The third-order valence-corrected chi connectivity index (χ3v) is 3.90. The van der Waals surface area contributed by atoms with E-state index < -0.39 is 16.9 Å². The average Bonchev–Trinajstić information content (AvgIpc) is 2.65. The molecule has 0 aliphatic rings. The maximum Gasteiger partial charge on any atom is 0.305 e. The predicted molar refractivity (Wildman–Crippen MR) is 100 cm³/mol. The molecule has 0 saturated heterocycles. The fourth-order valence-corrected chi connectivity index (χ4v) is 2.56. The first-order valence-electron chi connectivity index (χ1n) is 8.50. The smallest absolute Gasteiger partial charge is 0.305 e. The van der Waals surface area contributed by atoms with Crippen LogP contribution in [-0.2, 0) is 9.59 Å². The molecule has 0 aliphatic carbocycles. The summed E-state index contributed by atoms with van der Waals surface area (Å²) in [6.45, 7) is 0.514. The molecule has 1 unspecified atom stereocenters. The zero-order valence-electron chi connectivity index (χ0n) is 14.6. The standard InChI is InChI=1S/C19H21N3O5/c23-18(21-17(13-19(24)25)14-5-2-1-3-6-14)7-4-12-20-15-8-10-16(11-9-15)22(26)27/h1-3,5-6,8-11,17,20H,4,7,12-13H2,(H,21,23)(H,24,25). The van der Waals surface area contributed by atoms with Gasteiger partial charge in [0.25, 0.3) is 5.69 Å². The number of hydrogen-bond donors (Lipinski definition) is 3. The van der Waals surface area contributed by atoms with Crippen LogP contribution in [0, 0.1) is 10.1 Å². The first kappa shape index (κ1) is 19.9. The van der Waals surface area contributed by atoms with Gasteiger partial charge in [-0.1, -0.05) is 30.3 Å². The molecule has 0 spiro atoms. The Morgan fingerprint density at radius 1 is 1.07 bits per heavy atom. The maximum atomic E-state index is 12.1. The third kappa shape index (κ3) is 6.77. The van der Waals surface area contributed by atoms with Gasteiger partial charge in [-0.2, -0.15) is 0 Å². The number of carbonyl (C=O) groups is 2. The number of rotatable bonds is 10. The Kier molecular flexibility index (Phi) is 7.30. The molecule has 0 saturated carbocycles. The summed E-state index contributed by atoms with van der Waals surface area (Å²) >= 11 is 0. The van der Waals surface area contributed by atoms with Gasteiger partial charge in [0.1, 0.15) is 0 Å². The number of nitro benzene ring substituents is 1. The second-order valence-corrected chi connectivity index (χ2v) is 5.96. The molecule has 142 valence electrons. The molecule has 0 bridgehead atoms. The number of carbonyl (C=O) groups excluding carboxylic acids is 1. The monoisotopic (exact) mass is 371 g/mol. The molecule has 0 radical (unpaired) electrons. The summed E-state index contributed by atoms with van der Waals surface area (Å²) in [4.78, 5) is 33.3. The molecule has 1 atom stereocenters. The van der Waals surface area contributed by atoms with Crippen LogP contribution in [0.3, 0.4) is 0 Å². The molecule has 0 aliphatic heterocycles. The molecule has 1 amide bonds. The largest absolute Gasteiger partial charge is 0.481 e. The van der Waals surface area contributed by atoms with Crippen molar-refractivity contribution in [2.45, 2.75) is 25.3 Å². The highest BCUT2D eigenvalue weighted by atomic mass is 16.6. The van der Waals surface area contributed by atoms with E-state index in [1.54, 1.807) is 36.4 Å². The van der Waals surface area contributed by atoms with Gasteiger partial charge >= 0.3 is 5.97 Å². The summed E-state index contributed by atoms with van der Waals surface area (Å²) in [7, 11) is 0. The number of carboxylic acids is 1. The van der Waals surface area contributed by atoms with Gasteiger partial charge in [-0.3, -0.25) is 19.7 Å². The van der Waals surface area contributed by atoms with Gasteiger partial charge in [0.2, 0.25) is 5.91 Å². The third-order valence-electron chi connectivity index (χ3n) is 3.90. The number of amides is 1. The number of non-ortho nitro benzene ring substituents is 1. The Balaban J connectivity index is 1.78. The van der Waals surface area contributed by atoms with Gasteiger partial charge in [0.15, 0.2) is 0 Å². The Bertz CT molecular complexity index is 778. The maximum absolute atomic E-state index is 12.1. The van der Waals surface area contributed by atoms with Crippen LogP contribution in [0.5, 0.6) is 0 Å². The molecule has 3 N–H and O–H groups in total. The molecular formula is C19H21N3O5. The number of benzene rings is 2. The van der Waals surface area contributed by atoms with Gasteiger partial charge in [-0.15, -0.1) is 0 Å². The normalized spacial score (nSPS) is 11.4. The lowest BCUT2D eigenvalue weighted by Crippen LogP contribution is -2.30. The number of carboxylic acid groups (broad SMARTS) is 1. The van der Waals surface area contributed by atoms with Crippen molar-refractivity contribution >= 4 is 23.3 Å². The van der Waals surface area contributed by atoms with E-state index in [1.807, 2.05) is 6.07 Å². The second-order valence-electron chi connectivity index (χ2n) is 5.96. The highest BCUT2D eigenvalue weighted by Gasteiger charge is 2.17. The number of nitrogens with zero attached hydrogens (tertiary/aromatic N) is 1. The minimum atomic E-state index is -0.982. The quantitative estimate of drug-likeness (QED) is 0.335. The fourth-order valence-electron chi connectivity index (χ4n) is 2.56. The van der Waals surface area contributed by atoms with Gasteiger partial charge in [0.05, 0.1) is 17.4 Å². The van der Waals surface area contributed by atoms with E-state index in [0.717, 1.165) is 11.3 Å². The SMILES string of the molecule is O=C(O)CC(NC(=O)CCCNc1ccc([N+](=O)[O-])cc1)c1ccccc1. The molecule has 8 nitrogen and oxygen atoms in total. The fraction of sp³-hybridized carbons (Fsp3) is 0.263. The molecule has 2 rings (SSSR count). The lowest BCUT2D eigenvalue weighted by Gasteiger charge is -2.17. The van der Waals surface area contributed by atoms with E-state index in [-0.39, 0.29) is 24.4 Å². The van der Waals surface area contributed by atoms with Crippen molar-refractivity contribution < 1.29 is 19.6 Å². The molecule has 0 aromatic heterocycles. The first-order chi connectivity index (χ1) is 13.0. The Morgan fingerprint density at radius 2 is 1.74 bits per heavy atom. The van der Waals surface area contributed by atoms with Crippen molar-refractivity contribution in [2.75, 3.05) is 11.9 Å². The van der Waals surface area contributed by atoms with Crippen LogP contribution in [0.25, 0.3) is 0 Å². The van der Waals surface area contributed by atoms with Gasteiger partial charge < -0.3 is 15.7 Å². The molecule has 8 heteroatoms. The Labute approximate surface area is 156 Å². The number of nitro groups is 1. The summed E-state index contributed by atoms with van der Waals surface area (Å²) < 4.78 is 0. The lowest BCUT2D eigenvalue weighted by molar-refractivity contribution is -0.384. The molecule has 0 fully saturated rings. The summed E-state index contributed by atoms with van der Waals surface area (Å²) in [6.07, 6.45) is 0.594. The van der Waals surface area contributed by atoms with Crippen molar-refractivity contribution in [1.82, 2.24) is 5.32 Å². The summed E-state index contributed by atoms with van der Waals surface area (Å²) in [5.74, 6) is -1.21. The summed E-state index contributed by atoms with van der Waals surface area (Å²) in [5, 5.41) is 25.5. The number of nitrogens with one attached hydrogen (secondary N) is 2. The molecule has 2 aromatic rings. The van der Waals surface area contributed by atoms with E-state index in [9.17, 15) is 19.7 Å². The summed E-state index contributed by atoms with van der Waals surface area (Å²) in [5.41, 5.74) is 1.50. The molecule has 2 aromatic carbocycles. The molecule has 0 heterocycles. The molecular weight excluding hydrogens is 350 g/mol. The lowest BCUT2D eigenvalue weighted by atomic mass is 10.0. The summed E-state index contributed by atoms with van der Waals surface area (Å²) in [6, 6.07) is 14.4. The number of aliphatic carboxylic acids is 1. The Hall–Kier alpha value is -3.42. The van der Waals surface area contributed by atoms with Crippen molar-refractivity contribution in [1.29, 1.82) is 0 Å². The van der Waals surface area contributed by atoms with E-state index >= 15 is 0 Å². The van der Waals surface area contributed by atoms with E-state index in [0.29, 0.717) is 13.0 Å². The van der Waals surface area contributed by atoms with Gasteiger partial charge in [-0.25, -0.2) is 0 Å². The van der Waals surface area contributed by atoms with E-state index in [1.165, 1.54) is 12.1 Å². The number of hydrogen-bond acceptors (Lipinski definition) is 5. The predicted octanol–water partition coefficient (Wildman–Crippen LogP) is 3.12. The van der Waals surface area contributed by atoms with Crippen LogP contribution in [0.1, 0.15) is 30.9 Å². The second kappa shape index (κ2) is 9.91. The zero-order chi connectivity index (χ0) is 19.6. The minimum Gasteiger partial charge on any atom is -0.481 e. The van der Waals surface area contributed by atoms with Crippen LogP contribution in [-0.4, -0.2) is 28.5 Å². The first-order valence-corrected chi connectivity index (χ1v) is 8.50. The minimum absolute atomic E-state index is 0.0188. The topological polar surface area (TPSA) is 122 Å². The highest BCUT2D eigenvalue weighted by Crippen LogP contribution is 2.17. The van der Waals surface area contributed by atoms with Crippen LogP contribution in [0.4, 0.5) is 11.4 Å². The zero-order valence-corrected chi connectivity index (χ0v) is 14.6. The van der Waals surface area contributed by atoms with Gasteiger partial charge in [-0.05, 0) is 24.1 Å². The van der Waals surface area contributed by atoms with Crippen molar-refractivity contribution in [2.24, 2.45) is 0 Å². The van der Waals surface area contributed by atoms with Crippen molar-refractivity contribution in [3.63, 3.8) is 0 Å². The van der Waals surface area contributed by atoms with E-state index in [2.05, 4.69) is 10.6 Å². The van der Waals surface area contributed by atoms with Gasteiger partial charge in [0, 0.05) is 30.8 Å². The van der Waals surface area contributed by atoms with E-state index in [4.69, 9.17) is 5.11 Å². The Morgan fingerprint density at radius 3 is 2.33 bits per heavy atom. The van der Waals surface area contributed by atoms with Crippen molar-refractivity contribution in [3.8, 4) is 0 Å². The van der Waals surface area contributed by atoms with Crippen LogP contribution >= 0.6 is 0 Å². The average molecular weight is 371 g/mol. The highest BCUT2D eigenvalue weighted by molar-refractivity contribution is 5.77. The number of anilines is 1.